The van der Waals surface area contributed by atoms with Gasteiger partial charge in [-0.1, -0.05) is 11.3 Å². The maximum atomic E-state index is 11.6. The number of aromatic nitrogens is 3. The molecule has 7 nitrogen and oxygen atoms in total. The van der Waals surface area contributed by atoms with Crippen LogP contribution in [0.5, 0.6) is 5.75 Å². The Labute approximate surface area is 178 Å². The highest BCUT2D eigenvalue weighted by Crippen LogP contribution is 2.35. The Morgan fingerprint density at radius 2 is 2.10 bits per heavy atom. The average Bonchev–Trinajstić information content (AvgIpc) is 3.25. The number of anilines is 2. The fourth-order valence-corrected chi connectivity index (χ4v) is 3.97. The van der Waals surface area contributed by atoms with Gasteiger partial charge in [0, 0.05) is 12.1 Å². The molecule has 9 heteroatoms. The number of carbonyl (C=O) groups excluding carboxylic acids is 1. The van der Waals surface area contributed by atoms with Gasteiger partial charge in [-0.15, -0.1) is 12.4 Å². The average molecular weight is 432 g/mol. The predicted molar refractivity (Wildman–Crippen MR) is 120 cm³/mol. The number of carbonyl (C=O) groups is 1. The monoisotopic (exact) mass is 431 g/mol. The van der Waals surface area contributed by atoms with E-state index in [0.29, 0.717) is 22.1 Å². The van der Waals surface area contributed by atoms with Gasteiger partial charge in [-0.2, -0.15) is 0 Å². The smallest absolute Gasteiger partial charge is 0.248 e. The van der Waals surface area contributed by atoms with E-state index in [2.05, 4.69) is 21.8 Å². The molecule has 0 aliphatic carbocycles. The number of primary amides is 1. The van der Waals surface area contributed by atoms with Gasteiger partial charge in [0.2, 0.25) is 5.91 Å². The van der Waals surface area contributed by atoms with Crippen LogP contribution in [0.2, 0.25) is 0 Å². The Balaban J connectivity index is 0.00000240. The van der Waals surface area contributed by atoms with E-state index in [-0.39, 0.29) is 18.5 Å². The summed E-state index contributed by atoms with van der Waals surface area (Å²) in [6.07, 6.45) is 1.83. The van der Waals surface area contributed by atoms with E-state index in [1.54, 1.807) is 18.2 Å². The van der Waals surface area contributed by atoms with Gasteiger partial charge in [-0.05, 0) is 51.1 Å². The minimum atomic E-state index is -0.489. The fourth-order valence-electron chi connectivity index (χ4n) is 3.09. The molecule has 0 saturated heterocycles. The summed E-state index contributed by atoms with van der Waals surface area (Å²) >= 11 is 1.54. The molecule has 0 spiro atoms. The molecule has 0 saturated carbocycles. The topological polar surface area (TPSA) is 95.1 Å². The van der Waals surface area contributed by atoms with Crippen molar-refractivity contribution >= 4 is 61.7 Å². The largest absolute Gasteiger partial charge is 0.489 e. The summed E-state index contributed by atoms with van der Waals surface area (Å²) in [5.74, 6) is 0.153. The molecule has 4 rings (SSSR count). The number of halogens is 1. The van der Waals surface area contributed by atoms with Gasteiger partial charge in [0.15, 0.2) is 5.13 Å². The van der Waals surface area contributed by atoms with Crippen molar-refractivity contribution in [3.63, 3.8) is 0 Å². The minimum absolute atomic E-state index is 0. The Bertz CT molecular complexity index is 1180. The number of hydrogen-bond donors (Lipinski definition) is 2. The standard InChI is InChI=1S/C20H21N5O2S.ClH/c1-4-25-10-22-13-6-8-16-17(18(13)25)24-20(28-16)23-14-9-12(19(21)26)5-7-15(14)27-11(2)3;/h5-11H,4H2,1-3H3,(H2,21,26)(H,23,24);1H. The molecule has 152 valence electrons. The van der Waals surface area contributed by atoms with Gasteiger partial charge < -0.3 is 20.4 Å². The number of benzene rings is 2. The molecule has 0 atom stereocenters. The Hall–Kier alpha value is -2.84. The van der Waals surface area contributed by atoms with Gasteiger partial charge in [0.05, 0.1) is 33.9 Å². The van der Waals surface area contributed by atoms with E-state index < -0.39 is 5.91 Å². The van der Waals surface area contributed by atoms with Gasteiger partial charge in [0.25, 0.3) is 0 Å². The first-order valence-corrected chi connectivity index (χ1v) is 9.89. The number of nitrogens with one attached hydrogen (secondary N) is 1. The number of aryl methyl sites for hydroxylation is 1. The van der Waals surface area contributed by atoms with Gasteiger partial charge in [0.1, 0.15) is 11.3 Å². The van der Waals surface area contributed by atoms with Crippen molar-refractivity contribution in [2.45, 2.75) is 33.4 Å². The minimum Gasteiger partial charge on any atom is -0.489 e. The van der Waals surface area contributed by atoms with E-state index in [0.717, 1.165) is 27.8 Å². The van der Waals surface area contributed by atoms with Crippen LogP contribution in [0.15, 0.2) is 36.7 Å². The second kappa shape index (κ2) is 8.26. The van der Waals surface area contributed by atoms with Crippen molar-refractivity contribution in [3.8, 4) is 5.75 Å². The summed E-state index contributed by atoms with van der Waals surface area (Å²) in [7, 11) is 0. The quantitative estimate of drug-likeness (QED) is 0.460. The van der Waals surface area contributed by atoms with Crippen LogP contribution in [0, 0.1) is 0 Å². The first kappa shape index (κ1) is 20.9. The van der Waals surface area contributed by atoms with Crippen molar-refractivity contribution in [3.05, 3.63) is 42.2 Å². The van der Waals surface area contributed by atoms with Crippen molar-refractivity contribution in [1.82, 2.24) is 14.5 Å². The van der Waals surface area contributed by atoms with Crippen molar-refractivity contribution < 1.29 is 9.53 Å². The molecule has 3 N–H and O–H groups in total. The number of amides is 1. The highest BCUT2D eigenvalue weighted by atomic mass is 35.5. The molecular weight excluding hydrogens is 410 g/mol. The van der Waals surface area contributed by atoms with E-state index in [1.807, 2.05) is 32.3 Å². The van der Waals surface area contributed by atoms with E-state index in [9.17, 15) is 4.79 Å². The van der Waals surface area contributed by atoms with Crippen LogP contribution < -0.4 is 15.8 Å². The van der Waals surface area contributed by atoms with Crippen LogP contribution in [0.3, 0.4) is 0 Å². The predicted octanol–water partition coefficient (Wildman–Crippen LogP) is 4.72. The number of nitrogens with zero attached hydrogens (tertiary/aromatic N) is 3. The molecule has 0 radical (unpaired) electrons. The van der Waals surface area contributed by atoms with Crippen molar-refractivity contribution in [2.75, 3.05) is 5.32 Å². The van der Waals surface area contributed by atoms with E-state index in [1.165, 1.54) is 11.3 Å². The molecule has 0 bridgehead atoms. The second-order valence-corrected chi connectivity index (χ2v) is 7.73. The highest BCUT2D eigenvalue weighted by Gasteiger charge is 2.15. The lowest BCUT2D eigenvalue weighted by molar-refractivity contribution is 0.100. The lowest BCUT2D eigenvalue weighted by atomic mass is 10.1. The van der Waals surface area contributed by atoms with E-state index >= 15 is 0 Å². The maximum Gasteiger partial charge on any atom is 0.248 e. The Morgan fingerprint density at radius 1 is 1.31 bits per heavy atom. The number of ether oxygens (including phenoxy) is 1. The van der Waals surface area contributed by atoms with Gasteiger partial charge >= 0.3 is 0 Å². The summed E-state index contributed by atoms with van der Waals surface area (Å²) in [6.45, 7) is 6.80. The van der Waals surface area contributed by atoms with Crippen LogP contribution in [0.1, 0.15) is 31.1 Å². The molecular formula is C20H22ClN5O2S. The third-order valence-electron chi connectivity index (χ3n) is 4.35. The molecule has 0 fully saturated rings. The molecule has 0 unspecified atom stereocenters. The van der Waals surface area contributed by atoms with E-state index in [4.69, 9.17) is 15.5 Å². The summed E-state index contributed by atoms with van der Waals surface area (Å²) in [6, 6.07) is 9.14. The number of nitrogens with two attached hydrogens (primary N) is 1. The van der Waals surface area contributed by atoms with Crippen molar-refractivity contribution in [1.29, 1.82) is 0 Å². The summed E-state index contributed by atoms with van der Waals surface area (Å²) in [5, 5.41) is 4.01. The lowest BCUT2D eigenvalue weighted by Crippen LogP contribution is -2.12. The highest BCUT2D eigenvalue weighted by molar-refractivity contribution is 7.22. The first-order valence-electron chi connectivity index (χ1n) is 9.08. The third kappa shape index (κ3) is 3.99. The molecule has 1 amide bonds. The Morgan fingerprint density at radius 3 is 2.79 bits per heavy atom. The SMILES string of the molecule is CCn1cnc2ccc3sc(Nc4cc(C(N)=O)ccc4OC(C)C)nc3c21.Cl. The summed E-state index contributed by atoms with van der Waals surface area (Å²) in [5.41, 5.74) is 9.35. The molecule has 0 aliphatic heterocycles. The van der Waals surface area contributed by atoms with Crippen LogP contribution >= 0.6 is 23.7 Å². The maximum absolute atomic E-state index is 11.6. The molecule has 29 heavy (non-hydrogen) atoms. The number of rotatable bonds is 6. The molecule has 2 heterocycles. The van der Waals surface area contributed by atoms with Crippen LogP contribution in [0.25, 0.3) is 21.3 Å². The van der Waals surface area contributed by atoms with Crippen LogP contribution in [0.4, 0.5) is 10.8 Å². The molecule has 4 aromatic rings. The summed E-state index contributed by atoms with van der Waals surface area (Å²) in [4.78, 5) is 20.8. The van der Waals surface area contributed by atoms with Gasteiger partial charge in [-0.25, -0.2) is 9.97 Å². The number of imidazole rings is 1. The molecule has 0 aliphatic rings. The Kier molecular flexibility index (Phi) is 5.95. The fraction of sp³-hybridized carbons (Fsp3) is 0.250. The normalized spacial score (nSPS) is 11.0. The second-order valence-electron chi connectivity index (χ2n) is 6.70. The van der Waals surface area contributed by atoms with Crippen molar-refractivity contribution in [2.24, 2.45) is 5.73 Å². The van der Waals surface area contributed by atoms with Crippen LogP contribution in [-0.4, -0.2) is 26.5 Å². The lowest BCUT2D eigenvalue weighted by Gasteiger charge is -2.15. The number of hydrogen-bond acceptors (Lipinski definition) is 6. The zero-order chi connectivity index (χ0) is 19.8. The van der Waals surface area contributed by atoms with Crippen LogP contribution in [-0.2, 0) is 6.54 Å². The summed E-state index contributed by atoms with van der Waals surface area (Å²) < 4.78 is 9.01. The number of thiazole rings is 1. The third-order valence-corrected chi connectivity index (χ3v) is 5.28. The molecule has 2 aromatic carbocycles. The van der Waals surface area contributed by atoms with Gasteiger partial charge in [-0.3, -0.25) is 4.79 Å². The zero-order valence-corrected chi connectivity index (χ0v) is 17.9. The number of fused-ring (bicyclic) bond motifs is 3. The molecule has 2 aromatic heterocycles. The first-order chi connectivity index (χ1) is 13.5. The zero-order valence-electron chi connectivity index (χ0n) is 16.3.